The molecule has 1 amide bonds. The largest absolute Gasteiger partial charge is 0.396 e. The van der Waals surface area contributed by atoms with Crippen molar-refractivity contribution in [1.82, 2.24) is 10.6 Å². The summed E-state index contributed by atoms with van der Waals surface area (Å²) in [6.07, 6.45) is 8.08. The fourth-order valence-electron chi connectivity index (χ4n) is 1.56. The fraction of sp³-hybridized carbons (Fsp3) is 0.636. The Kier molecular flexibility index (Phi) is 6.03. The molecule has 1 saturated heterocycles. The van der Waals surface area contributed by atoms with Gasteiger partial charge < -0.3 is 10.4 Å². The molecule has 0 spiro atoms. The molecule has 16 heavy (non-hydrogen) atoms. The third-order valence-electron chi connectivity index (χ3n) is 2.43. The van der Waals surface area contributed by atoms with Gasteiger partial charge in [-0.2, -0.15) is 0 Å². The van der Waals surface area contributed by atoms with Crippen LogP contribution in [0.1, 0.15) is 38.5 Å². The van der Waals surface area contributed by atoms with Crippen molar-refractivity contribution >= 4 is 23.2 Å². The number of aliphatic hydroxyl groups excluding tert-OH is 1. The molecule has 1 aliphatic rings. The van der Waals surface area contributed by atoms with Gasteiger partial charge in [0, 0.05) is 6.61 Å². The Morgan fingerprint density at radius 2 is 1.81 bits per heavy atom. The monoisotopic (exact) mass is 242 g/mol. The van der Waals surface area contributed by atoms with Gasteiger partial charge in [0.25, 0.3) is 5.91 Å². The van der Waals surface area contributed by atoms with Crippen molar-refractivity contribution < 1.29 is 9.90 Å². The summed E-state index contributed by atoms with van der Waals surface area (Å²) in [5.41, 5.74) is 0.570. The van der Waals surface area contributed by atoms with Crippen LogP contribution in [0.15, 0.2) is 11.8 Å². The lowest BCUT2D eigenvalue weighted by Gasteiger charge is -1.98. The van der Waals surface area contributed by atoms with Crippen molar-refractivity contribution in [3.05, 3.63) is 11.8 Å². The third kappa shape index (κ3) is 4.72. The number of hydrogen-bond acceptors (Lipinski definition) is 3. The normalized spacial score (nSPS) is 17.7. The minimum atomic E-state index is -0.134. The molecule has 0 aromatic rings. The summed E-state index contributed by atoms with van der Waals surface area (Å²) in [6, 6.07) is 0. The number of thiocarbonyl (C=S) groups is 1. The molecule has 5 heteroatoms. The molecule has 4 nitrogen and oxygen atoms in total. The molecule has 1 aliphatic heterocycles. The number of nitrogens with one attached hydrogen (secondary N) is 2. The summed E-state index contributed by atoms with van der Waals surface area (Å²) < 4.78 is 0. The maximum Gasteiger partial charge on any atom is 0.273 e. The number of rotatable bonds is 7. The second kappa shape index (κ2) is 7.35. The van der Waals surface area contributed by atoms with E-state index in [4.69, 9.17) is 17.3 Å². The average molecular weight is 242 g/mol. The van der Waals surface area contributed by atoms with Gasteiger partial charge in [-0.15, -0.1) is 0 Å². The lowest BCUT2D eigenvalue weighted by molar-refractivity contribution is -0.115. The Balaban J connectivity index is 2.08. The number of allylic oxidation sites excluding steroid dienone is 1. The SMILES string of the molecule is O=C1NC(=S)N/C1=C\CCCCCCCO. The molecule has 0 aromatic carbocycles. The summed E-state index contributed by atoms with van der Waals surface area (Å²) in [7, 11) is 0. The molecule has 1 fully saturated rings. The number of unbranched alkanes of at least 4 members (excludes halogenated alkanes) is 5. The van der Waals surface area contributed by atoms with Crippen molar-refractivity contribution in [3.63, 3.8) is 0 Å². The van der Waals surface area contributed by atoms with Gasteiger partial charge in [-0.05, 0) is 31.5 Å². The first-order valence-corrected chi connectivity index (χ1v) is 6.08. The van der Waals surface area contributed by atoms with Gasteiger partial charge in [0.2, 0.25) is 0 Å². The average Bonchev–Trinajstić information content (AvgIpc) is 2.56. The van der Waals surface area contributed by atoms with Crippen molar-refractivity contribution in [2.45, 2.75) is 38.5 Å². The second-order valence-corrected chi connectivity index (χ2v) is 4.21. The summed E-state index contributed by atoms with van der Waals surface area (Å²) in [5, 5.41) is 14.3. The molecule has 1 rings (SSSR count). The molecule has 0 aromatic heterocycles. The lowest BCUT2D eigenvalue weighted by Crippen LogP contribution is -2.21. The molecule has 0 saturated carbocycles. The van der Waals surface area contributed by atoms with E-state index in [0.717, 1.165) is 38.5 Å². The Bertz CT molecular complexity index is 290. The third-order valence-corrected chi connectivity index (χ3v) is 2.63. The van der Waals surface area contributed by atoms with Crippen molar-refractivity contribution in [2.75, 3.05) is 6.61 Å². The Hall–Kier alpha value is -0.940. The highest BCUT2D eigenvalue weighted by molar-refractivity contribution is 7.80. The van der Waals surface area contributed by atoms with E-state index in [9.17, 15) is 4.79 Å². The summed E-state index contributed by atoms with van der Waals surface area (Å²) in [6.45, 7) is 0.283. The van der Waals surface area contributed by atoms with E-state index in [1.54, 1.807) is 0 Å². The minimum Gasteiger partial charge on any atom is -0.396 e. The van der Waals surface area contributed by atoms with E-state index in [-0.39, 0.29) is 12.5 Å². The zero-order valence-corrected chi connectivity index (χ0v) is 10.1. The van der Waals surface area contributed by atoms with Gasteiger partial charge in [-0.1, -0.05) is 25.3 Å². The zero-order chi connectivity index (χ0) is 11.8. The van der Waals surface area contributed by atoms with E-state index >= 15 is 0 Å². The molecule has 1 heterocycles. The van der Waals surface area contributed by atoms with Gasteiger partial charge in [0.05, 0.1) is 0 Å². The summed E-state index contributed by atoms with van der Waals surface area (Å²) in [5.74, 6) is -0.134. The molecular weight excluding hydrogens is 224 g/mol. The molecular formula is C11H18N2O2S. The molecule has 0 radical (unpaired) electrons. The first-order valence-electron chi connectivity index (χ1n) is 5.67. The minimum absolute atomic E-state index is 0.134. The number of aliphatic hydroxyl groups is 1. The number of hydrogen-bond donors (Lipinski definition) is 3. The van der Waals surface area contributed by atoms with Gasteiger partial charge in [0.15, 0.2) is 5.11 Å². The Labute approximate surface area is 101 Å². The lowest BCUT2D eigenvalue weighted by atomic mass is 10.1. The van der Waals surface area contributed by atoms with Crippen LogP contribution in [0.3, 0.4) is 0 Å². The standard InChI is InChI=1S/C11H18N2O2S/c14-8-6-4-2-1-3-5-7-9-10(15)13-11(16)12-9/h7,14H,1-6,8H2,(H2,12,13,15,16)/b9-7-. The number of amides is 1. The highest BCUT2D eigenvalue weighted by atomic mass is 32.1. The van der Waals surface area contributed by atoms with Crippen LogP contribution in [0, 0.1) is 0 Å². The van der Waals surface area contributed by atoms with Gasteiger partial charge in [-0.3, -0.25) is 10.1 Å². The molecule has 0 atom stereocenters. The maximum atomic E-state index is 11.2. The topological polar surface area (TPSA) is 61.4 Å². The molecule has 0 aliphatic carbocycles. The van der Waals surface area contributed by atoms with Crippen LogP contribution in [0.25, 0.3) is 0 Å². The van der Waals surface area contributed by atoms with E-state index < -0.39 is 0 Å². The van der Waals surface area contributed by atoms with Crippen LogP contribution in [0.4, 0.5) is 0 Å². The zero-order valence-electron chi connectivity index (χ0n) is 9.29. The van der Waals surface area contributed by atoms with E-state index in [0.29, 0.717) is 10.8 Å². The van der Waals surface area contributed by atoms with Gasteiger partial charge >= 0.3 is 0 Å². The predicted molar refractivity (Wildman–Crippen MR) is 66.7 cm³/mol. The number of carbonyl (C=O) groups excluding carboxylic acids is 1. The Morgan fingerprint density at radius 3 is 2.44 bits per heavy atom. The fourth-order valence-corrected chi connectivity index (χ4v) is 1.76. The van der Waals surface area contributed by atoms with Gasteiger partial charge in [0.1, 0.15) is 5.70 Å². The van der Waals surface area contributed by atoms with Crippen LogP contribution in [0.2, 0.25) is 0 Å². The van der Waals surface area contributed by atoms with Crippen molar-refractivity contribution in [2.24, 2.45) is 0 Å². The van der Waals surface area contributed by atoms with Crippen LogP contribution in [-0.2, 0) is 4.79 Å². The predicted octanol–water partition coefficient (Wildman–Crippen LogP) is 1.21. The van der Waals surface area contributed by atoms with Crippen molar-refractivity contribution in [3.8, 4) is 0 Å². The maximum absolute atomic E-state index is 11.2. The van der Waals surface area contributed by atoms with E-state index in [1.165, 1.54) is 0 Å². The van der Waals surface area contributed by atoms with Gasteiger partial charge in [-0.25, -0.2) is 0 Å². The molecule has 0 bridgehead atoms. The van der Waals surface area contributed by atoms with E-state index in [1.807, 2.05) is 6.08 Å². The molecule has 3 N–H and O–H groups in total. The Morgan fingerprint density at radius 1 is 1.12 bits per heavy atom. The highest BCUT2D eigenvalue weighted by Crippen LogP contribution is 2.07. The van der Waals surface area contributed by atoms with Crippen LogP contribution < -0.4 is 10.6 Å². The quantitative estimate of drug-likeness (QED) is 0.357. The smallest absolute Gasteiger partial charge is 0.273 e. The van der Waals surface area contributed by atoms with Crippen LogP contribution >= 0.6 is 12.2 Å². The first-order chi connectivity index (χ1) is 7.74. The van der Waals surface area contributed by atoms with Crippen LogP contribution in [0.5, 0.6) is 0 Å². The van der Waals surface area contributed by atoms with E-state index in [2.05, 4.69) is 10.6 Å². The second-order valence-electron chi connectivity index (χ2n) is 3.81. The highest BCUT2D eigenvalue weighted by Gasteiger charge is 2.18. The first kappa shape index (κ1) is 13.1. The number of carbonyl (C=O) groups is 1. The van der Waals surface area contributed by atoms with Crippen LogP contribution in [-0.4, -0.2) is 22.7 Å². The summed E-state index contributed by atoms with van der Waals surface area (Å²) >= 11 is 4.82. The summed E-state index contributed by atoms with van der Waals surface area (Å²) in [4.78, 5) is 11.2. The molecule has 0 unspecified atom stereocenters. The molecule has 90 valence electrons. The van der Waals surface area contributed by atoms with Crippen molar-refractivity contribution in [1.29, 1.82) is 0 Å².